The zero-order chi connectivity index (χ0) is 23.7. The summed E-state index contributed by atoms with van der Waals surface area (Å²) >= 11 is 2.95. The highest BCUT2D eigenvalue weighted by molar-refractivity contribution is 7.16. The highest BCUT2D eigenvalue weighted by atomic mass is 32.1. The lowest BCUT2D eigenvalue weighted by atomic mass is 10.1. The number of carbonyl (C=O) groups excluding carboxylic acids is 2. The summed E-state index contributed by atoms with van der Waals surface area (Å²) < 4.78 is 7.90. The van der Waals surface area contributed by atoms with Crippen LogP contribution in [-0.4, -0.2) is 28.0 Å². The Hall–Kier alpha value is -3.62. The number of ether oxygens (including phenoxy) is 1. The number of thiophene rings is 1. The highest BCUT2D eigenvalue weighted by Crippen LogP contribution is 2.28. The first-order valence-corrected chi connectivity index (χ1v) is 12.5. The number of hydrogen-bond acceptors (Lipinski definition) is 6. The van der Waals surface area contributed by atoms with E-state index in [2.05, 4.69) is 4.99 Å². The molecule has 5 rings (SSSR count). The largest absolute Gasteiger partial charge is 0.465 e. The Bertz CT molecular complexity index is 1600. The number of para-hydroxylation sites is 2. The molecule has 0 bridgehead atoms. The van der Waals surface area contributed by atoms with Gasteiger partial charge < -0.3 is 9.30 Å². The van der Waals surface area contributed by atoms with Crippen LogP contribution in [-0.2, 0) is 16.1 Å². The Labute approximate surface area is 203 Å². The van der Waals surface area contributed by atoms with E-state index in [0.717, 1.165) is 37.3 Å². The molecule has 170 valence electrons. The fourth-order valence-corrected chi connectivity index (χ4v) is 5.72. The maximum Gasteiger partial charge on any atom is 0.326 e. The van der Waals surface area contributed by atoms with E-state index in [1.165, 1.54) is 11.3 Å². The molecule has 0 spiro atoms. The van der Waals surface area contributed by atoms with Crippen molar-refractivity contribution < 1.29 is 14.3 Å². The van der Waals surface area contributed by atoms with Crippen molar-refractivity contribution in [2.45, 2.75) is 20.4 Å². The van der Waals surface area contributed by atoms with Crippen LogP contribution < -0.4 is 4.80 Å². The number of aromatic nitrogens is 2. The van der Waals surface area contributed by atoms with Crippen molar-refractivity contribution in [1.29, 1.82) is 0 Å². The van der Waals surface area contributed by atoms with Crippen LogP contribution in [0, 0.1) is 6.92 Å². The predicted molar refractivity (Wildman–Crippen MR) is 136 cm³/mol. The predicted octanol–water partition coefficient (Wildman–Crippen LogP) is 5.59. The van der Waals surface area contributed by atoms with Gasteiger partial charge in [0.05, 0.1) is 38.5 Å². The van der Waals surface area contributed by atoms with Crippen LogP contribution in [0.5, 0.6) is 0 Å². The van der Waals surface area contributed by atoms with E-state index in [9.17, 15) is 9.59 Å². The van der Waals surface area contributed by atoms with E-state index in [1.54, 1.807) is 28.9 Å². The van der Waals surface area contributed by atoms with Crippen molar-refractivity contribution in [2.24, 2.45) is 4.99 Å². The molecule has 0 aliphatic rings. The lowest BCUT2D eigenvalue weighted by Gasteiger charge is -2.08. The van der Waals surface area contributed by atoms with Crippen LogP contribution in [0.2, 0.25) is 0 Å². The molecule has 0 aliphatic carbocycles. The van der Waals surface area contributed by atoms with Gasteiger partial charge in [0.2, 0.25) is 0 Å². The Morgan fingerprint density at radius 3 is 2.74 bits per heavy atom. The Kier molecular flexibility index (Phi) is 6.08. The van der Waals surface area contributed by atoms with Crippen molar-refractivity contribution in [2.75, 3.05) is 6.61 Å². The van der Waals surface area contributed by atoms with Crippen molar-refractivity contribution in [1.82, 2.24) is 9.55 Å². The Morgan fingerprint density at radius 1 is 1.09 bits per heavy atom. The average Bonchev–Trinajstić information content (AvgIpc) is 3.48. The number of amides is 1. The molecule has 34 heavy (non-hydrogen) atoms. The lowest BCUT2D eigenvalue weighted by Crippen LogP contribution is -2.23. The smallest absolute Gasteiger partial charge is 0.326 e. The van der Waals surface area contributed by atoms with Crippen LogP contribution in [0.25, 0.3) is 31.7 Å². The molecule has 0 saturated heterocycles. The summed E-state index contributed by atoms with van der Waals surface area (Å²) in [6, 6.07) is 19.2. The summed E-state index contributed by atoms with van der Waals surface area (Å²) in [6.07, 6.45) is 0. The van der Waals surface area contributed by atoms with Gasteiger partial charge in [0.1, 0.15) is 6.54 Å². The standard InChI is InChI=1S/C26H21N3O3S2/c1-3-32-23(30)15-29-24-16(2)8-6-11-22(24)34-26(29)28-25(31)18-14-20(21-12-7-13-33-21)27-19-10-5-4-9-17(18)19/h4-14H,3,15H2,1-2H3. The Balaban J connectivity index is 1.69. The van der Waals surface area contributed by atoms with Gasteiger partial charge in [-0.1, -0.05) is 47.7 Å². The second-order valence-corrected chi connectivity index (χ2v) is 9.62. The van der Waals surface area contributed by atoms with Gasteiger partial charge in [0, 0.05) is 5.39 Å². The minimum absolute atomic E-state index is 0.0116. The molecule has 0 saturated carbocycles. The molecule has 0 N–H and O–H groups in total. The van der Waals surface area contributed by atoms with Crippen LogP contribution in [0.3, 0.4) is 0 Å². The van der Waals surface area contributed by atoms with Gasteiger partial charge in [0.15, 0.2) is 4.80 Å². The van der Waals surface area contributed by atoms with Crippen LogP contribution >= 0.6 is 22.7 Å². The number of hydrogen-bond donors (Lipinski definition) is 0. The minimum atomic E-state index is -0.377. The summed E-state index contributed by atoms with van der Waals surface area (Å²) in [5.41, 5.74) is 3.83. The fraction of sp³-hybridized carbons (Fsp3) is 0.154. The van der Waals surface area contributed by atoms with E-state index < -0.39 is 0 Å². The second kappa shape index (κ2) is 9.32. The molecule has 0 fully saturated rings. The third kappa shape index (κ3) is 4.18. The molecule has 5 aromatic rings. The van der Waals surface area contributed by atoms with Crippen molar-refractivity contribution in [3.63, 3.8) is 0 Å². The molecule has 3 heterocycles. The zero-order valence-corrected chi connectivity index (χ0v) is 20.3. The number of nitrogens with zero attached hydrogens (tertiary/aromatic N) is 3. The summed E-state index contributed by atoms with van der Waals surface area (Å²) in [6.45, 7) is 4.03. The number of rotatable bonds is 5. The summed E-state index contributed by atoms with van der Waals surface area (Å²) in [7, 11) is 0. The van der Waals surface area contributed by atoms with Gasteiger partial charge in [0.25, 0.3) is 5.91 Å². The first-order valence-electron chi connectivity index (χ1n) is 10.8. The molecular weight excluding hydrogens is 466 g/mol. The van der Waals surface area contributed by atoms with E-state index in [-0.39, 0.29) is 18.4 Å². The Morgan fingerprint density at radius 2 is 1.94 bits per heavy atom. The molecule has 0 atom stereocenters. The quantitative estimate of drug-likeness (QED) is 0.303. The number of aryl methyl sites for hydroxylation is 1. The molecule has 1 amide bonds. The van der Waals surface area contributed by atoms with Gasteiger partial charge >= 0.3 is 5.97 Å². The third-order valence-corrected chi connectivity index (χ3v) is 7.35. The first-order chi connectivity index (χ1) is 16.5. The van der Waals surface area contributed by atoms with Crippen LogP contribution in [0.1, 0.15) is 22.8 Å². The number of fused-ring (bicyclic) bond motifs is 2. The number of thiazole rings is 1. The fourth-order valence-electron chi connectivity index (χ4n) is 3.92. The monoisotopic (exact) mass is 487 g/mol. The molecule has 8 heteroatoms. The molecule has 6 nitrogen and oxygen atoms in total. The number of pyridine rings is 1. The van der Waals surface area contributed by atoms with Crippen molar-refractivity contribution in [3.05, 3.63) is 82.0 Å². The third-order valence-electron chi connectivity index (χ3n) is 5.41. The summed E-state index contributed by atoms with van der Waals surface area (Å²) in [5.74, 6) is -0.744. The minimum Gasteiger partial charge on any atom is -0.465 e. The molecule has 0 aliphatic heterocycles. The zero-order valence-electron chi connectivity index (χ0n) is 18.6. The second-order valence-electron chi connectivity index (χ2n) is 7.66. The van der Waals surface area contributed by atoms with Gasteiger partial charge in [-0.15, -0.1) is 11.3 Å². The van der Waals surface area contributed by atoms with Crippen LogP contribution in [0.4, 0.5) is 0 Å². The van der Waals surface area contributed by atoms with Gasteiger partial charge in [-0.25, -0.2) is 4.98 Å². The average molecular weight is 488 g/mol. The molecule has 2 aromatic carbocycles. The first kappa shape index (κ1) is 22.2. The summed E-state index contributed by atoms with van der Waals surface area (Å²) in [5, 5.41) is 2.72. The molecular formula is C26H21N3O3S2. The van der Waals surface area contributed by atoms with Gasteiger partial charge in [-0.2, -0.15) is 4.99 Å². The maximum absolute atomic E-state index is 13.6. The number of carbonyl (C=O) groups is 2. The number of esters is 1. The van der Waals surface area contributed by atoms with E-state index in [1.807, 2.05) is 66.9 Å². The van der Waals surface area contributed by atoms with E-state index in [4.69, 9.17) is 9.72 Å². The molecule has 3 aromatic heterocycles. The molecule has 0 radical (unpaired) electrons. The van der Waals surface area contributed by atoms with E-state index in [0.29, 0.717) is 17.0 Å². The topological polar surface area (TPSA) is 73.6 Å². The van der Waals surface area contributed by atoms with Gasteiger partial charge in [-0.05, 0) is 49.1 Å². The normalized spacial score (nSPS) is 11.9. The molecule has 0 unspecified atom stereocenters. The maximum atomic E-state index is 13.6. The highest BCUT2D eigenvalue weighted by Gasteiger charge is 2.17. The van der Waals surface area contributed by atoms with Crippen LogP contribution in [0.15, 0.2) is 71.0 Å². The van der Waals surface area contributed by atoms with E-state index >= 15 is 0 Å². The number of benzene rings is 2. The van der Waals surface area contributed by atoms with Crippen molar-refractivity contribution in [3.8, 4) is 10.6 Å². The SMILES string of the molecule is CCOC(=O)Cn1c(=NC(=O)c2cc(-c3cccs3)nc3ccccc23)sc2cccc(C)c21. The van der Waals surface area contributed by atoms with Gasteiger partial charge in [-0.3, -0.25) is 9.59 Å². The van der Waals surface area contributed by atoms with Crippen molar-refractivity contribution >= 4 is 55.7 Å². The lowest BCUT2D eigenvalue weighted by molar-refractivity contribution is -0.143. The summed E-state index contributed by atoms with van der Waals surface area (Å²) in [4.78, 5) is 36.6.